The molecule has 1 aromatic heterocycles. The zero-order valence-electron chi connectivity index (χ0n) is 13.1. The largest absolute Gasteiger partial charge is 0.374 e. The Morgan fingerprint density at radius 2 is 2.11 bits per heavy atom. The SMILES string of the molecule is CCCNC(COC(C)(C)C)Cc1nccn1CC. The van der Waals surface area contributed by atoms with E-state index in [0.717, 1.165) is 38.4 Å². The maximum Gasteiger partial charge on any atom is 0.110 e. The lowest BCUT2D eigenvalue weighted by atomic mass is 10.1. The number of nitrogens with zero attached hydrogens (tertiary/aromatic N) is 2. The fraction of sp³-hybridized carbons (Fsp3) is 0.800. The maximum absolute atomic E-state index is 5.91. The van der Waals surface area contributed by atoms with Crippen LogP contribution in [0.5, 0.6) is 0 Å². The van der Waals surface area contributed by atoms with Crippen LogP contribution < -0.4 is 5.32 Å². The Balaban J connectivity index is 2.58. The van der Waals surface area contributed by atoms with E-state index in [1.807, 2.05) is 12.4 Å². The third-order valence-corrected chi connectivity index (χ3v) is 2.97. The zero-order chi connectivity index (χ0) is 14.3. The molecule has 1 aromatic rings. The van der Waals surface area contributed by atoms with Crippen molar-refractivity contribution in [3.8, 4) is 0 Å². The normalized spacial score (nSPS) is 13.7. The molecule has 0 aliphatic carbocycles. The first kappa shape index (κ1) is 16.2. The van der Waals surface area contributed by atoms with Crippen molar-refractivity contribution >= 4 is 0 Å². The second-order valence-corrected chi connectivity index (χ2v) is 5.91. The van der Waals surface area contributed by atoms with Crippen LogP contribution in [0.2, 0.25) is 0 Å². The lowest BCUT2D eigenvalue weighted by molar-refractivity contribution is -0.0146. The van der Waals surface area contributed by atoms with Gasteiger partial charge in [0, 0.05) is 31.4 Å². The van der Waals surface area contributed by atoms with E-state index in [1.165, 1.54) is 0 Å². The first-order chi connectivity index (χ1) is 8.96. The lowest BCUT2D eigenvalue weighted by Gasteiger charge is -2.25. The van der Waals surface area contributed by atoms with Crippen molar-refractivity contribution in [1.29, 1.82) is 0 Å². The van der Waals surface area contributed by atoms with Crippen LogP contribution in [0.4, 0.5) is 0 Å². The second kappa shape index (κ2) is 7.65. The monoisotopic (exact) mass is 267 g/mol. The summed E-state index contributed by atoms with van der Waals surface area (Å²) in [7, 11) is 0. The first-order valence-corrected chi connectivity index (χ1v) is 7.33. The van der Waals surface area contributed by atoms with Crippen LogP contribution in [-0.2, 0) is 17.7 Å². The Bertz CT molecular complexity index is 355. The van der Waals surface area contributed by atoms with Gasteiger partial charge in [0.05, 0.1) is 12.2 Å². The van der Waals surface area contributed by atoms with Gasteiger partial charge in [-0.2, -0.15) is 0 Å². The number of hydrogen-bond donors (Lipinski definition) is 1. The Hall–Kier alpha value is -0.870. The van der Waals surface area contributed by atoms with Gasteiger partial charge >= 0.3 is 0 Å². The molecule has 0 aliphatic rings. The molecule has 1 atom stereocenters. The van der Waals surface area contributed by atoms with Gasteiger partial charge < -0.3 is 14.6 Å². The molecule has 0 bridgehead atoms. The van der Waals surface area contributed by atoms with Crippen LogP contribution in [0.3, 0.4) is 0 Å². The molecule has 0 saturated heterocycles. The third-order valence-electron chi connectivity index (χ3n) is 2.97. The van der Waals surface area contributed by atoms with Gasteiger partial charge in [-0.05, 0) is 40.7 Å². The second-order valence-electron chi connectivity index (χ2n) is 5.91. The van der Waals surface area contributed by atoms with Gasteiger partial charge in [-0.25, -0.2) is 4.98 Å². The summed E-state index contributed by atoms with van der Waals surface area (Å²) in [5.74, 6) is 1.13. The van der Waals surface area contributed by atoms with Gasteiger partial charge in [0.15, 0.2) is 0 Å². The van der Waals surface area contributed by atoms with Crippen LogP contribution in [0.25, 0.3) is 0 Å². The van der Waals surface area contributed by atoms with E-state index in [-0.39, 0.29) is 5.60 Å². The van der Waals surface area contributed by atoms with Crippen LogP contribution in [0.1, 0.15) is 46.9 Å². The summed E-state index contributed by atoms with van der Waals surface area (Å²) in [6.07, 6.45) is 5.96. The molecule has 0 spiro atoms. The molecule has 0 aromatic carbocycles. The van der Waals surface area contributed by atoms with Gasteiger partial charge in [-0.15, -0.1) is 0 Å². The third kappa shape index (κ3) is 6.21. The minimum absolute atomic E-state index is 0.0909. The molecule has 1 unspecified atom stereocenters. The topological polar surface area (TPSA) is 39.1 Å². The van der Waals surface area contributed by atoms with E-state index in [1.54, 1.807) is 0 Å². The molecule has 19 heavy (non-hydrogen) atoms. The predicted molar refractivity (Wildman–Crippen MR) is 79.4 cm³/mol. The summed E-state index contributed by atoms with van der Waals surface area (Å²) in [5, 5.41) is 3.55. The highest BCUT2D eigenvalue weighted by molar-refractivity contribution is 4.95. The molecule has 0 aliphatic heterocycles. The number of nitrogens with one attached hydrogen (secondary N) is 1. The van der Waals surface area contributed by atoms with E-state index in [9.17, 15) is 0 Å². The average molecular weight is 267 g/mol. The van der Waals surface area contributed by atoms with Crippen LogP contribution in [0.15, 0.2) is 12.4 Å². The summed E-state index contributed by atoms with van der Waals surface area (Å²) >= 11 is 0. The van der Waals surface area contributed by atoms with Crippen molar-refractivity contribution in [2.75, 3.05) is 13.2 Å². The molecular formula is C15H29N3O. The average Bonchev–Trinajstić information content (AvgIpc) is 2.78. The minimum atomic E-state index is -0.0909. The molecule has 1 N–H and O–H groups in total. The Morgan fingerprint density at radius 3 is 2.68 bits per heavy atom. The molecule has 0 radical (unpaired) electrons. The van der Waals surface area contributed by atoms with Gasteiger partial charge in [0.25, 0.3) is 0 Å². The fourth-order valence-corrected chi connectivity index (χ4v) is 1.93. The van der Waals surface area contributed by atoms with Gasteiger partial charge in [-0.3, -0.25) is 0 Å². The van der Waals surface area contributed by atoms with Crippen LogP contribution in [0, 0.1) is 0 Å². The molecule has 1 heterocycles. The standard InChI is InChI=1S/C15H29N3O/c1-6-8-16-13(12-19-15(3,4)5)11-14-17-9-10-18(14)7-2/h9-10,13,16H,6-8,11-12H2,1-5H3. The molecule has 0 fully saturated rings. The quantitative estimate of drug-likeness (QED) is 0.787. The van der Waals surface area contributed by atoms with Crippen molar-refractivity contribution in [2.24, 2.45) is 0 Å². The summed E-state index contributed by atoms with van der Waals surface area (Å²) in [6.45, 7) is 13.3. The predicted octanol–water partition coefficient (Wildman–Crippen LogP) is 2.63. The van der Waals surface area contributed by atoms with Crippen LogP contribution in [-0.4, -0.2) is 34.3 Å². The minimum Gasteiger partial charge on any atom is -0.374 e. The lowest BCUT2D eigenvalue weighted by Crippen LogP contribution is -2.39. The van der Waals surface area contributed by atoms with Gasteiger partial charge in [0.1, 0.15) is 5.82 Å². The summed E-state index contributed by atoms with van der Waals surface area (Å²) in [6, 6.07) is 0.326. The van der Waals surface area contributed by atoms with Crippen molar-refractivity contribution < 1.29 is 4.74 Å². The zero-order valence-corrected chi connectivity index (χ0v) is 13.1. The fourth-order valence-electron chi connectivity index (χ4n) is 1.93. The molecule has 4 heteroatoms. The van der Waals surface area contributed by atoms with E-state index < -0.39 is 0 Å². The highest BCUT2D eigenvalue weighted by atomic mass is 16.5. The Labute approximate surface area is 117 Å². The van der Waals surface area contributed by atoms with Gasteiger partial charge in [-0.1, -0.05) is 6.92 Å². The molecule has 1 rings (SSSR count). The number of imidazole rings is 1. The van der Waals surface area contributed by atoms with Crippen molar-refractivity contribution in [3.05, 3.63) is 18.2 Å². The number of aryl methyl sites for hydroxylation is 1. The maximum atomic E-state index is 5.91. The van der Waals surface area contributed by atoms with Crippen molar-refractivity contribution in [2.45, 2.75) is 65.6 Å². The Morgan fingerprint density at radius 1 is 1.37 bits per heavy atom. The first-order valence-electron chi connectivity index (χ1n) is 7.33. The number of rotatable bonds is 8. The van der Waals surface area contributed by atoms with Crippen molar-refractivity contribution in [3.63, 3.8) is 0 Å². The highest BCUT2D eigenvalue weighted by Gasteiger charge is 2.17. The summed E-state index contributed by atoms with van der Waals surface area (Å²) < 4.78 is 8.10. The highest BCUT2D eigenvalue weighted by Crippen LogP contribution is 2.09. The smallest absolute Gasteiger partial charge is 0.110 e. The van der Waals surface area contributed by atoms with Gasteiger partial charge in [0.2, 0.25) is 0 Å². The molecule has 0 amide bonds. The number of ether oxygens (including phenoxy) is 1. The summed E-state index contributed by atoms with van der Waals surface area (Å²) in [5.41, 5.74) is -0.0909. The number of aromatic nitrogens is 2. The molecular weight excluding hydrogens is 238 g/mol. The van der Waals surface area contributed by atoms with E-state index >= 15 is 0 Å². The van der Waals surface area contributed by atoms with E-state index in [0.29, 0.717) is 6.04 Å². The number of hydrogen-bond acceptors (Lipinski definition) is 3. The molecule has 110 valence electrons. The molecule has 0 saturated carbocycles. The molecule has 4 nitrogen and oxygen atoms in total. The Kier molecular flexibility index (Phi) is 6.52. The van der Waals surface area contributed by atoms with E-state index in [2.05, 4.69) is 49.5 Å². The summed E-state index contributed by atoms with van der Waals surface area (Å²) in [4.78, 5) is 4.45. The van der Waals surface area contributed by atoms with E-state index in [4.69, 9.17) is 4.74 Å². The van der Waals surface area contributed by atoms with Crippen molar-refractivity contribution in [1.82, 2.24) is 14.9 Å². The van der Waals surface area contributed by atoms with Crippen LogP contribution >= 0.6 is 0 Å².